The van der Waals surface area contributed by atoms with Gasteiger partial charge in [-0.3, -0.25) is 4.79 Å². The molecule has 1 heterocycles. The van der Waals surface area contributed by atoms with Crippen molar-refractivity contribution in [3.8, 4) is 0 Å². The van der Waals surface area contributed by atoms with Gasteiger partial charge in [0.1, 0.15) is 10.2 Å². The molecule has 2 fully saturated rings. The quantitative estimate of drug-likeness (QED) is 0.240. The molecule has 2 aromatic carbocycles. The fraction of sp³-hybridized carbons (Fsp3) is 0.519. The molecule has 2 aromatic rings. The average Bonchev–Trinajstić information content (AvgIpc) is 3.27. The van der Waals surface area contributed by atoms with Crippen molar-refractivity contribution in [2.75, 3.05) is 6.54 Å². The molecule has 16 heteroatoms. The number of likely N-dealkylation sites (tertiary alicyclic amines) is 1. The Labute approximate surface area is 252 Å². The van der Waals surface area contributed by atoms with E-state index in [9.17, 15) is 57.1 Å². The summed E-state index contributed by atoms with van der Waals surface area (Å²) in [5, 5.41) is 0. The molecule has 0 spiro atoms. The maximum absolute atomic E-state index is 14.9. The van der Waals surface area contributed by atoms with Gasteiger partial charge in [0, 0.05) is 15.7 Å². The van der Waals surface area contributed by atoms with Gasteiger partial charge in [0.15, 0.2) is 9.84 Å². The van der Waals surface area contributed by atoms with Crippen molar-refractivity contribution in [2.24, 2.45) is 5.41 Å². The van der Waals surface area contributed by atoms with Crippen LogP contribution in [0.3, 0.4) is 0 Å². The van der Waals surface area contributed by atoms with Crippen LogP contribution < -0.4 is 0 Å². The lowest BCUT2D eigenvalue weighted by Crippen LogP contribution is -2.60. The van der Waals surface area contributed by atoms with E-state index < -0.39 is 100 Å². The summed E-state index contributed by atoms with van der Waals surface area (Å²) in [4.78, 5) is 14.1. The molecule has 1 saturated carbocycles. The molecule has 0 radical (unpaired) electrons. The molecule has 0 bridgehead atoms. The van der Waals surface area contributed by atoms with E-state index in [2.05, 4.69) is 0 Å². The Bertz CT molecular complexity index is 1530. The van der Waals surface area contributed by atoms with Gasteiger partial charge in [-0.1, -0.05) is 24.6 Å². The van der Waals surface area contributed by atoms with Gasteiger partial charge in [0.05, 0.1) is 10.9 Å². The molecule has 2 atom stereocenters. The van der Waals surface area contributed by atoms with Crippen LogP contribution in [0.2, 0.25) is 0 Å². The van der Waals surface area contributed by atoms with Crippen molar-refractivity contribution in [1.29, 1.82) is 0 Å². The third-order valence-corrected chi connectivity index (χ3v) is 12.4. The summed E-state index contributed by atoms with van der Waals surface area (Å²) in [5.74, 6) is -1.31. The highest BCUT2D eigenvalue weighted by Gasteiger charge is 2.74. The number of carbonyl (C=O) groups is 1. The zero-order valence-electron chi connectivity index (χ0n) is 21.8. The molecule has 3 aliphatic rings. The number of alkyl halides is 10. The molecule has 1 amide bonds. The Kier molecular flexibility index (Phi) is 7.47. The number of halogens is 11. The van der Waals surface area contributed by atoms with Gasteiger partial charge in [-0.2, -0.15) is 39.5 Å². The van der Waals surface area contributed by atoms with E-state index in [1.165, 1.54) is 24.3 Å². The Morgan fingerprint density at radius 3 is 1.93 bits per heavy atom. The number of hydrogen-bond donors (Lipinski definition) is 0. The van der Waals surface area contributed by atoms with Gasteiger partial charge in [-0.05, 0) is 90.1 Å². The second kappa shape index (κ2) is 9.94. The first kappa shape index (κ1) is 32.3. The monoisotopic (exact) mass is 757 g/mol. The van der Waals surface area contributed by atoms with E-state index in [4.69, 9.17) is 0 Å². The summed E-state index contributed by atoms with van der Waals surface area (Å²) in [6, 6.07) is 5.10. The fourth-order valence-corrected chi connectivity index (χ4v) is 9.45. The lowest BCUT2D eigenvalue weighted by molar-refractivity contribution is -0.348. The summed E-state index contributed by atoms with van der Waals surface area (Å²) >= 11 is 1.90. The normalized spacial score (nSPS) is 24.3. The van der Waals surface area contributed by atoms with Gasteiger partial charge in [0.2, 0.25) is 5.91 Å². The molecule has 43 heavy (non-hydrogen) atoms. The second-order valence-corrected chi connectivity index (χ2v) is 14.6. The smallest absolute Gasteiger partial charge is 0.337 e. The average molecular weight is 757 g/mol. The number of sulfone groups is 1. The zero-order chi connectivity index (χ0) is 32.0. The number of carbonyl (C=O) groups excluding carboxylic acids is 1. The molecule has 4 nitrogen and oxygen atoms in total. The van der Waals surface area contributed by atoms with E-state index in [-0.39, 0.29) is 28.5 Å². The molecule has 0 N–H and O–H groups in total. The first-order valence-corrected chi connectivity index (χ1v) is 15.6. The predicted octanol–water partition coefficient (Wildman–Crippen LogP) is 7.53. The third-order valence-electron chi connectivity index (χ3n) is 9.09. The summed E-state index contributed by atoms with van der Waals surface area (Å²) in [6.07, 6.45) is -19.9. The van der Waals surface area contributed by atoms with Gasteiger partial charge in [0.25, 0.3) is 0 Å². The number of aryl methyl sites for hydroxylation is 1. The van der Waals surface area contributed by atoms with Gasteiger partial charge < -0.3 is 4.90 Å². The summed E-state index contributed by atoms with van der Waals surface area (Å²) in [7, 11) is -4.65. The van der Waals surface area contributed by atoms with Crippen LogP contribution in [-0.2, 0) is 31.5 Å². The lowest BCUT2D eigenvalue weighted by atomic mass is 9.66. The van der Waals surface area contributed by atoms with Crippen LogP contribution in [0.25, 0.3) is 0 Å². The standard InChI is InChI=1S/C27H22F10INO3S/c28-24(26(32,33)34,27(35,36)37)16-3-8-19-15(14-16)2-9-20-23(19,43(41,42)18-6-4-17(38)5-7-18)12-13-39(20)21(40)22(10-1-11-22)25(29,30)31/h3-8,14,20H,1-2,9-13H2/t20-,23-/m1/s1. The summed E-state index contributed by atoms with van der Waals surface area (Å²) in [6.45, 7) is -0.454. The number of amides is 1. The minimum absolute atomic E-state index is 0.116. The number of nitrogens with zero attached hydrogens (tertiary/aromatic N) is 1. The van der Waals surface area contributed by atoms with Crippen molar-refractivity contribution < 1.29 is 57.1 Å². The van der Waals surface area contributed by atoms with Crippen LogP contribution in [0, 0.1) is 8.99 Å². The molecule has 1 aliphatic heterocycles. The van der Waals surface area contributed by atoms with Crippen molar-refractivity contribution >= 4 is 38.3 Å². The SMILES string of the molecule is O=C(N1CC[C@@]2(S(=O)(=O)c3ccc(I)cc3)c3ccc(C(F)(C(F)(F)F)C(F)(F)F)cc3CC[C@@H]12)C1(C(F)(F)F)CCC1. The largest absolute Gasteiger partial charge is 0.435 e. The van der Waals surface area contributed by atoms with E-state index >= 15 is 0 Å². The molecule has 1 saturated heterocycles. The number of hydrogen-bond acceptors (Lipinski definition) is 3. The first-order valence-electron chi connectivity index (χ1n) is 13.0. The molecular formula is C27H22F10INO3S. The van der Waals surface area contributed by atoms with Gasteiger partial charge in [-0.25, -0.2) is 12.8 Å². The van der Waals surface area contributed by atoms with Crippen molar-refractivity contribution in [1.82, 2.24) is 4.90 Å². The van der Waals surface area contributed by atoms with Crippen LogP contribution >= 0.6 is 22.6 Å². The summed E-state index contributed by atoms with van der Waals surface area (Å²) < 4.78 is 165. The van der Waals surface area contributed by atoms with E-state index in [0.29, 0.717) is 15.7 Å². The molecule has 236 valence electrons. The van der Waals surface area contributed by atoms with Crippen molar-refractivity contribution in [3.63, 3.8) is 0 Å². The minimum atomic E-state index is -6.41. The van der Waals surface area contributed by atoms with Crippen LogP contribution in [0.15, 0.2) is 47.4 Å². The van der Waals surface area contributed by atoms with Crippen LogP contribution in [0.1, 0.15) is 48.8 Å². The Morgan fingerprint density at radius 2 is 1.44 bits per heavy atom. The lowest BCUT2D eigenvalue weighted by Gasteiger charge is -2.47. The number of rotatable bonds is 4. The van der Waals surface area contributed by atoms with Crippen molar-refractivity contribution in [3.05, 3.63) is 62.7 Å². The highest BCUT2D eigenvalue weighted by atomic mass is 127. The number of benzene rings is 2. The van der Waals surface area contributed by atoms with E-state index in [1.807, 2.05) is 22.6 Å². The van der Waals surface area contributed by atoms with E-state index in [0.717, 1.165) is 4.90 Å². The second-order valence-electron chi connectivity index (χ2n) is 11.1. The fourth-order valence-electron chi connectivity index (χ4n) is 6.72. The zero-order valence-corrected chi connectivity index (χ0v) is 24.8. The maximum atomic E-state index is 14.9. The van der Waals surface area contributed by atoms with Crippen LogP contribution in [0.5, 0.6) is 0 Å². The number of fused-ring (bicyclic) bond motifs is 3. The van der Waals surface area contributed by atoms with Gasteiger partial charge in [-0.15, -0.1) is 0 Å². The third kappa shape index (κ3) is 4.42. The Hall–Kier alpha value is -2.11. The molecule has 0 unspecified atom stereocenters. The van der Waals surface area contributed by atoms with Crippen LogP contribution in [0.4, 0.5) is 43.9 Å². The molecule has 2 aliphatic carbocycles. The van der Waals surface area contributed by atoms with Gasteiger partial charge >= 0.3 is 24.2 Å². The Balaban J connectivity index is 1.71. The van der Waals surface area contributed by atoms with Crippen molar-refractivity contribution in [2.45, 2.75) is 78.4 Å². The molecule has 5 rings (SSSR count). The molecular weight excluding hydrogens is 735 g/mol. The minimum Gasteiger partial charge on any atom is -0.337 e. The highest BCUT2D eigenvalue weighted by Crippen LogP contribution is 2.59. The summed E-state index contributed by atoms with van der Waals surface area (Å²) in [5.41, 5.74) is -10.9. The predicted molar refractivity (Wildman–Crippen MR) is 140 cm³/mol. The maximum Gasteiger partial charge on any atom is 0.435 e. The topological polar surface area (TPSA) is 54.5 Å². The van der Waals surface area contributed by atoms with Crippen LogP contribution in [-0.4, -0.2) is 50.3 Å². The highest BCUT2D eigenvalue weighted by molar-refractivity contribution is 14.1. The van der Waals surface area contributed by atoms with E-state index in [1.54, 1.807) is 0 Å². The Morgan fingerprint density at radius 1 is 0.860 bits per heavy atom. The first-order chi connectivity index (χ1) is 19.6. The molecule has 0 aromatic heterocycles.